The first-order valence-electron chi connectivity index (χ1n) is 8.69. The average molecular weight is 501 g/mol. The number of aliphatic imine (C=N–C) groups is 1. The van der Waals surface area contributed by atoms with E-state index in [0.717, 1.165) is 23.6 Å². The molecule has 0 saturated carbocycles. The molecular formula is C20H28IN3O2S. The Bertz CT molecular complexity index is 850. The van der Waals surface area contributed by atoms with Gasteiger partial charge in [0.05, 0.1) is 12.3 Å². The van der Waals surface area contributed by atoms with Crippen LogP contribution in [0, 0.1) is 6.92 Å². The molecule has 0 aliphatic rings. The standard InChI is InChI=1S/C20H27N3O2S.HI/c1-4-21-20(23-14-19-7-5-6-16(2)12-19)22-13-17-8-10-18(11-9-17)15-26(3,24)25;/h5-12H,4,13-15H2,1-3H3,(H2,21,22,23);1H. The van der Waals surface area contributed by atoms with E-state index in [2.05, 4.69) is 40.7 Å². The van der Waals surface area contributed by atoms with Gasteiger partial charge in [0.1, 0.15) is 0 Å². The van der Waals surface area contributed by atoms with Crippen molar-refractivity contribution in [2.45, 2.75) is 32.7 Å². The smallest absolute Gasteiger partial charge is 0.191 e. The third-order valence-corrected chi connectivity index (χ3v) is 4.62. The van der Waals surface area contributed by atoms with Crippen molar-refractivity contribution in [3.8, 4) is 0 Å². The van der Waals surface area contributed by atoms with E-state index in [-0.39, 0.29) is 29.7 Å². The molecule has 0 aliphatic carbocycles. The molecule has 0 amide bonds. The van der Waals surface area contributed by atoms with Crippen LogP contribution in [0.15, 0.2) is 53.5 Å². The molecule has 0 heterocycles. The quantitative estimate of drug-likeness (QED) is 0.347. The van der Waals surface area contributed by atoms with Crippen LogP contribution < -0.4 is 10.6 Å². The summed E-state index contributed by atoms with van der Waals surface area (Å²) < 4.78 is 22.7. The Hall–Kier alpha value is -1.61. The third kappa shape index (κ3) is 9.23. The molecule has 0 bridgehead atoms. The van der Waals surface area contributed by atoms with E-state index < -0.39 is 9.84 Å². The lowest BCUT2D eigenvalue weighted by atomic mass is 10.1. The van der Waals surface area contributed by atoms with Gasteiger partial charge in [-0.25, -0.2) is 13.4 Å². The van der Waals surface area contributed by atoms with Crippen molar-refractivity contribution in [3.05, 3.63) is 70.8 Å². The van der Waals surface area contributed by atoms with Crippen LogP contribution in [0.25, 0.3) is 0 Å². The molecule has 0 saturated heterocycles. The predicted octanol–water partition coefficient (Wildman–Crippen LogP) is 3.41. The van der Waals surface area contributed by atoms with Crippen LogP contribution in [0.3, 0.4) is 0 Å². The number of halogens is 1. The second-order valence-corrected chi connectivity index (χ2v) is 8.56. The normalized spacial score (nSPS) is 11.6. The van der Waals surface area contributed by atoms with E-state index >= 15 is 0 Å². The van der Waals surface area contributed by atoms with Crippen LogP contribution in [0.5, 0.6) is 0 Å². The maximum atomic E-state index is 11.3. The average Bonchev–Trinajstić information content (AvgIpc) is 2.57. The Morgan fingerprint density at radius 1 is 1.00 bits per heavy atom. The second kappa shape index (κ2) is 11.3. The summed E-state index contributed by atoms with van der Waals surface area (Å²) in [6, 6.07) is 15.9. The lowest BCUT2D eigenvalue weighted by molar-refractivity contribution is 0.601. The van der Waals surface area contributed by atoms with Crippen molar-refractivity contribution >= 4 is 39.8 Å². The summed E-state index contributed by atoms with van der Waals surface area (Å²) >= 11 is 0. The number of hydrogen-bond acceptors (Lipinski definition) is 3. The number of hydrogen-bond donors (Lipinski definition) is 2. The summed E-state index contributed by atoms with van der Waals surface area (Å²) in [6.07, 6.45) is 1.25. The molecule has 0 atom stereocenters. The second-order valence-electron chi connectivity index (χ2n) is 6.42. The fourth-order valence-electron chi connectivity index (χ4n) is 2.56. The summed E-state index contributed by atoms with van der Waals surface area (Å²) in [5.74, 6) is 0.829. The lowest BCUT2D eigenvalue weighted by Gasteiger charge is -2.12. The molecule has 7 heteroatoms. The topological polar surface area (TPSA) is 70.6 Å². The summed E-state index contributed by atoms with van der Waals surface area (Å²) in [5, 5.41) is 6.55. The Morgan fingerprint density at radius 2 is 1.67 bits per heavy atom. The largest absolute Gasteiger partial charge is 0.357 e. The number of nitrogens with one attached hydrogen (secondary N) is 2. The van der Waals surface area contributed by atoms with E-state index in [1.165, 1.54) is 17.4 Å². The predicted molar refractivity (Wildman–Crippen MR) is 123 cm³/mol. The van der Waals surface area contributed by atoms with Crippen molar-refractivity contribution in [1.82, 2.24) is 10.6 Å². The SMILES string of the molecule is CCNC(=NCc1cccc(C)c1)NCc1ccc(CS(C)(=O)=O)cc1.I. The molecular weight excluding hydrogens is 473 g/mol. The van der Waals surface area contributed by atoms with Gasteiger partial charge in [-0.2, -0.15) is 0 Å². The molecule has 0 fully saturated rings. The highest BCUT2D eigenvalue weighted by molar-refractivity contribution is 14.0. The van der Waals surface area contributed by atoms with Crippen molar-refractivity contribution in [3.63, 3.8) is 0 Å². The zero-order chi connectivity index (χ0) is 19.0. The fraction of sp³-hybridized carbons (Fsp3) is 0.350. The first kappa shape index (κ1) is 23.4. The molecule has 2 rings (SSSR count). The Balaban J connectivity index is 0.00000364. The summed E-state index contributed by atoms with van der Waals surface area (Å²) in [4.78, 5) is 4.62. The molecule has 2 N–H and O–H groups in total. The van der Waals surface area contributed by atoms with Gasteiger partial charge in [0.2, 0.25) is 0 Å². The zero-order valence-electron chi connectivity index (χ0n) is 16.0. The summed E-state index contributed by atoms with van der Waals surface area (Å²) in [6.45, 7) is 6.13. The van der Waals surface area contributed by atoms with Gasteiger partial charge in [-0.15, -0.1) is 24.0 Å². The van der Waals surface area contributed by atoms with Gasteiger partial charge < -0.3 is 10.6 Å². The van der Waals surface area contributed by atoms with Gasteiger partial charge in [-0.05, 0) is 30.5 Å². The summed E-state index contributed by atoms with van der Waals surface area (Å²) in [7, 11) is -3.00. The number of nitrogens with zero attached hydrogens (tertiary/aromatic N) is 1. The van der Waals surface area contributed by atoms with Crippen LogP contribution in [0.1, 0.15) is 29.2 Å². The van der Waals surface area contributed by atoms with Crippen molar-refractivity contribution < 1.29 is 8.42 Å². The minimum absolute atomic E-state index is 0. The van der Waals surface area contributed by atoms with E-state index in [9.17, 15) is 8.42 Å². The molecule has 5 nitrogen and oxygen atoms in total. The van der Waals surface area contributed by atoms with E-state index in [0.29, 0.717) is 13.1 Å². The van der Waals surface area contributed by atoms with Crippen molar-refractivity contribution in [2.24, 2.45) is 4.99 Å². The van der Waals surface area contributed by atoms with Crippen LogP contribution >= 0.6 is 24.0 Å². The van der Waals surface area contributed by atoms with Gasteiger partial charge in [-0.1, -0.05) is 54.1 Å². The lowest BCUT2D eigenvalue weighted by Crippen LogP contribution is -2.36. The number of sulfone groups is 1. The van der Waals surface area contributed by atoms with Gasteiger partial charge in [-0.3, -0.25) is 0 Å². The van der Waals surface area contributed by atoms with Crippen molar-refractivity contribution in [1.29, 1.82) is 0 Å². The first-order valence-corrected chi connectivity index (χ1v) is 10.7. The molecule has 0 aromatic heterocycles. The minimum Gasteiger partial charge on any atom is -0.357 e. The molecule has 148 valence electrons. The Labute approximate surface area is 179 Å². The fourth-order valence-corrected chi connectivity index (χ4v) is 3.36. The van der Waals surface area contributed by atoms with Crippen LogP contribution in [0.2, 0.25) is 0 Å². The summed E-state index contributed by atoms with van der Waals surface area (Å²) in [5.41, 5.74) is 4.27. The van der Waals surface area contributed by atoms with Gasteiger partial charge in [0.25, 0.3) is 0 Å². The van der Waals surface area contributed by atoms with Crippen LogP contribution in [-0.4, -0.2) is 27.2 Å². The monoisotopic (exact) mass is 501 g/mol. The maximum Gasteiger partial charge on any atom is 0.191 e. The molecule has 2 aromatic rings. The van der Waals surface area contributed by atoms with E-state index in [1.54, 1.807) is 0 Å². The van der Waals surface area contributed by atoms with Crippen molar-refractivity contribution in [2.75, 3.05) is 12.8 Å². The highest BCUT2D eigenvalue weighted by Crippen LogP contribution is 2.08. The molecule has 0 spiro atoms. The third-order valence-electron chi connectivity index (χ3n) is 3.76. The highest BCUT2D eigenvalue weighted by atomic mass is 127. The molecule has 0 unspecified atom stereocenters. The Morgan fingerprint density at radius 3 is 2.26 bits per heavy atom. The van der Waals surface area contributed by atoms with E-state index in [1.807, 2.05) is 37.3 Å². The number of rotatable bonds is 7. The number of aryl methyl sites for hydroxylation is 1. The maximum absolute atomic E-state index is 11.3. The highest BCUT2D eigenvalue weighted by Gasteiger charge is 2.04. The van der Waals surface area contributed by atoms with Gasteiger partial charge in [0.15, 0.2) is 15.8 Å². The minimum atomic E-state index is -3.00. The molecule has 2 aromatic carbocycles. The van der Waals surface area contributed by atoms with Crippen LogP contribution in [-0.2, 0) is 28.7 Å². The molecule has 0 radical (unpaired) electrons. The van der Waals surface area contributed by atoms with Gasteiger partial charge in [0, 0.05) is 19.3 Å². The van der Waals surface area contributed by atoms with Gasteiger partial charge >= 0.3 is 0 Å². The molecule has 27 heavy (non-hydrogen) atoms. The Kier molecular flexibility index (Phi) is 9.79. The molecule has 0 aliphatic heterocycles. The number of benzene rings is 2. The van der Waals surface area contributed by atoms with E-state index in [4.69, 9.17) is 0 Å². The number of guanidine groups is 1. The van der Waals surface area contributed by atoms with Crippen LogP contribution in [0.4, 0.5) is 0 Å². The zero-order valence-corrected chi connectivity index (χ0v) is 19.2. The first-order chi connectivity index (χ1) is 12.4.